The maximum atomic E-state index is 11.1. The molecule has 0 unspecified atom stereocenters. The van der Waals surface area contributed by atoms with E-state index in [4.69, 9.17) is 5.11 Å². The summed E-state index contributed by atoms with van der Waals surface area (Å²) in [4.78, 5) is 11.1. The van der Waals surface area contributed by atoms with Gasteiger partial charge in [0, 0.05) is 18.1 Å². The minimum atomic E-state index is -0.907. The summed E-state index contributed by atoms with van der Waals surface area (Å²) in [6.07, 6.45) is 4.01. The lowest BCUT2D eigenvalue weighted by atomic mass is 10.0. The van der Waals surface area contributed by atoms with Crippen LogP contribution in [0.15, 0.2) is 67.0 Å². The van der Waals surface area contributed by atoms with Gasteiger partial charge in [0.15, 0.2) is 0 Å². The number of benzene rings is 2. The smallest absolute Gasteiger partial charge is 0.335 e. The van der Waals surface area contributed by atoms with E-state index in [0.717, 1.165) is 16.8 Å². The number of nitrogens with zero attached hydrogens (tertiary/aromatic N) is 1. The number of carboxylic acid groups (broad SMARTS) is 1. The quantitative estimate of drug-likeness (QED) is 0.739. The minimum absolute atomic E-state index is 0.302. The van der Waals surface area contributed by atoms with Gasteiger partial charge in [0.25, 0.3) is 0 Å². The molecule has 23 heavy (non-hydrogen) atoms. The molecule has 0 aliphatic carbocycles. The van der Waals surface area contributed by atoms with Gasteiger partial charge in [-0.3, -0.25) is 0 Å². The van der Waals surface area contributed by atoms with Crippen molar-refractivity contribution in [3.8, 4) is 16.8 Å². The highest BCUT2D eigenvalue weighted by Crippen LogP contribution is 2.24. The van der Waals surface area contributed by atoms with Crippen LogP contribution in [0.2, 0.25) is 0 Å². The van der Waals surface area contributed by atoms with Crippen molar-refractivity contribution in [2.75, 3.05) is 0 Å². The van der Waals surface area contributed by atoms with Crippen molar-refractivity contribution < 1.29 is 9.90 Å². The number of rotatable bonds is 4. The van der Waals surface area contributed by atoms with E-state index in [1.807, 2.05) is 29.1 Å². The predicted octanol–water partition coefficient (Wildman–Crippen LogP) is 4.97. The minimum Gasteiger partial charge on any atom is -0.478 e. The third-order valence-electron chi connectivity index (χ3n) is 3.99. The summed E-state index contributed by atoms with van der Waals surface area (Å²) in [5, 5.41) is 9.10. The van der Waals surface area contributed by atoms with Gasteiger partial charge in [0.1, 0.15) is 0 Å². The van der Waals surface area contributed by atoms with Crippen molar-refractivity contribution >= 4 is 5.97 Å². The van der Waals surface area contributed by atoms with Gasteiger partial charge in [0.2, 0.25) is 0 Å². The topological polar surface area (TPSA) is 42.2 Å². The molecule has 0 amide bonds. The first-order chi connectivity index (χ1) is 11.0. The Morgan fingerprint density at radius 1 is 1.00 bits per heavy atom. The number of carbonyl (C=O) groups is 1. The highest BCUT2D eigenvalue weighted by molar-refractivity contribution is 5.89. The van der Waals surface area contributed by atoms with Gasteiger partial charge in [0.05, 0.1) is 5.56 Å². The monoisotopic (exact) mass is 305 g/mol. The molecule has 0 atom stereocenters. The molecule has 3 nitrogen and oxygen atoms in total. The van der Waals surface area contributed by atoms with Crippen LogP contribution < -0.4 is 0 Å². The molecule has 3 aromatic rings. The van der Waals surface area contributed by atoms with Crippen molar-refractivity contribution in [2.45, 2.75) is 19.8 Å². The molecular formula is C20H19NO2. The lowest BCUT2D eigenvalue weighted by Crippen LogP contribution is -1.95. The van der Waals surface area contributed by atoms with Crippen LogP contribution in [0.25, 0.3) is 16.8 Å². The fourth-order valence-electron chi connectivity index (χ4n) is 2.59. The molecule has 0 aliphatic rings. The van der Waals surface area contributed by atoms with Crippen LogP contribution in [0.5, 0.6) is 0 Å². The van der Waals surface area contributed by atoms with Crippen LogP contribution >= 0.6 is 0 Å². The standard InChI is InChI=1S/C20H19NO2/c1-14(2)15-6-8-19(9-7-15)21-11-10-18(13-21)16-4-3-5-17(12-16)20(22)23/h3-14H,1-2H3,(H,22,23). The molecular weight excluding hydrogens is 286 g/mol. The molecule has 0 bridgehead atoms. The lowest BCUT2D eigenvalue weighted by Gasteiger charge is -2.07. The van der Waals surface area contributed by atoms with Gasteiger partial charge in [-0.05, 0) is 52.9 Å². The Morgan fingerprint density at radius 3 is 2.39 bits per heavy atom. The van der Waals surface area contributed by atoms with Gasteiger partial charge in [-0.15, -0.1) is 0 Å². The fraction of sp³-hybridized carbons (Fsp3) is 0.150. The molecule has 1 N–H and O–H groups in total. The molecule has 0 aliphatic heterocycles. The first-order valence-corrected chi connectivity index (χ1v) is 7.66. The zero-order chi connectivity index (χ0) is 16.4. The van der Waals surface area contributed by atoms with Gasteiger partial charge in [-0.2, -0.15) is 0 Å². The van der Waals surface area contributed by atoms with Crippen LogP contribution in [0.1, 0.15) is 35.7 Å². The molecule has 116 valence electrons. The molecule has 0 saturated heterocycles. The van der Waals surface area contributed by atoms with E-state index in [0.29, 0.717) is 11.5 Å². The van der Waals surface area contributed by atoms with E-state index < -0.39 is 5.97 Å². The Balaban J connectivity index is 1.91. The van der Waals surface area contributed by atoms with Crippen LogP contribution in [-0.4, -0.2) is 15.6 Å². The number of hydrogen-bond acceptors (Lipinski definition) is 1. The van der Waals surface area contributed by atoms with Crippen LogP contribution in [0.4, 0.5) is 0 Å². The summed E-state index contributed by atoms with van der Waals surface area (Å²) in [6.45, 7) is 4.36. The van der Waals surface area contributed by atoms with E-state index in [1.54, 1.807) is 18.2 Å². The molecule has 3 rings (SSSR count). The van der Waals surface area contributed by atoms with Crippen molar-refractivity contribution in [3.05, 3.63) is 78.1 Å². The molecule has 3 heteroatoms. The molecule has 0 fully saturated rings. The highest BCUT2D eigenvalue weighted by atomic mass is 16.4. The highest BCUT2D eigenvalue weighted by Gasteiger charge is 2.07. The Labute approximate surface area is 135 Å². The Hall–Kier alpha value is -2.81. The van der Waals surface area contributed by atoms with Gasteiger partial charge >= 0.3 is 5.97 Å². The summed E-state index contributed by atoms with van der Waals surface area (Å²) >= 11 is 0. The van der Waals surface area contributed by atoms with Gasteiger partial charge in [-0.25, -0.2) is 4.79 Å². The SMILES string of the molecule is CC(C)c1ccc(-n2ccc(-c3cccc(C(=O)O)c3)c2)cc1. The molecule has 0 spiro atoms. The maximum absolute atomic E-state index is 11.1. The second kappa shape index (κ2) is 6.13. The first-order valence-electron chi connectivity index (χ1n) is 7.66. The number of aromatic nitrogens is 1. The maximum Gasteiger partial charge on any atom is 0.335 e. The number of aromatic carboxylic acids is 1. The first kappa shape index (κ1) is 15.1. The second-order valence-corrected chi connectivity index (χ2v) is 5.94. The summed E-state index contributed by atoms with van der Waals surface area (Å²) in [6, 6.07) is 17.5. The average Bonchev–Trinajstić information content (AvgIpc) is 3.05. The summed E-state index contributed by atoms with van der Waals surface area (Å²) in [7, 11) is 0. The molecule has 2 aromatic carbocycles. The van der Waals surface area contributed by atoms with Gasteiger partial charge < -0.3 is 9.67 Å². The molecule has 0 radical (unpaired) electrons. The molecule has 0 saturated carbocycles. The summed E-state index contributed by atoms with van der Waals surface area (Å²) < 4.78 is 2.05. The Kier molecular flexibility index (Phi) is 4.02. The Morgan fingerprint density at radius 2 is 1.74 bits per heavy atom. The van der Waals surface area contributed by atoms with Crippen LogP contribution in [0, 0.1) is 0 Å². The third-order valence-corrected chi connectivity index (χ3v) is 3.99. The van der Waals surface area contributed by atoms with E-state index >= 15 is 0 Å². The lowest BCUT2D eigenvalue weighted by molar-refractivity contribution is 0.0697. The van der Waals surface area contributed by atoms with E-state index in [1.165, 1.54) is 5.56 Å². The summed E-state index contributed by atoms with van der Waals surface area (Å²) in [5.41, 5.74) is 4.62. The molecule has 1 aromatic heterocycles. The second-order valence-electron chi connectivity index (χ2n) is 5.94. The van der Waals surface area contributed by atoms with E-state index in [9.17, 15) is 4.79 Å². The van der Waals surface area contributed by atoms with Crippen molar-refractivity contribution in [1.82, 2.24) is 4.57 Å². The van der Waals surface area contributed by atoms with Crippen molar-refractivity contribution in [2.24, 2.45) is 0 Å². The predicted molar refractivity (Wildman–Crippen MR) is 92.3 cm³/mol. The van der Waals surface area contributed by atoms with Gasteiger partial charge in [-0.1, -0.05) is 38.1 Å². The summed E-state index contributed by atoms with van der Waals surface area (Å²) in [5.74, 6) is -0.390. The van der Waals surface area contributed by atoms with Crippen molar-refractivity contribution in [3.63, 3.8) is 0 Å². The van der Waals surface area contributed by atoms with Crippen LogP contribution in [-0.2, 0) is 0 Å². The Bertz CT molecular complexity index is 829. The third kappa shape index (κ3) is 3.19. The van der Waals surface area contributed by atoms with Crippen LogP contribution in [0.3, 0.4) is 0 Å². The zero-order valence-electron chi connectivity index (χ0n) is 13.2. The van der Waals surface area contributed by atoms with E-state index in [2.05, 4.69) is 38.1 Å². The van der Waals surface area contributed by atoms with Crippen molar-refractivity contribution in [1.29, 1.82) is 0 Å². The normalized spacial score (nSPS) is 10.9. The largest absolute Gasteiger partial charge is 0.478 e. The number of carboxylic acids is 1. The average molecular weight is 305 g/mol. The fourth-order valence-corrected chi connectivity index (χ4v) is 2.59. The van der Waals surface area contributed by atoms with E-state index in [-0.39, 0.29) is 0 Å². The molecule has 1 heterocycles. The zero-order valence-corrected chi connectivity index (χ0v) is 13.2. The number of hydrogen-bond donors (Lipinski definition) is 1.